The summed E-state index contributed by atoms with van der Waals surface area (Å²) in [6.07, 6.45) is 1.52. The number of rotatable bonds is 7. The highest BCUT2D eigenvalue weighted by atomic mass is 35.5. The van der Waals surface area contributed by atoms with Crippen molar-refractivity contribution in [2.24, 2.45) is 0 Å². The molecule has 3 N–H and O–H groups in total. The molecule has 204 valence electrons. The van der Waals surface area contributed by atoms with Gasteiger partial charge in [-0.1, -0.05) is 41.4 Å². The Hall–Kier alpha value is -4.19. The zero-order chi connectivity index (χ0) is 28.2. The van der Waals surface area contributed by atoms with Crippen molar-refractivity contribution in [3.05, 3.63) is 93.7 Å². The number of anilines is 5. The topological polar surface area (TPSA) is 103 Å². The van der Waals surface area contributed by atoms with E-state index in [2.05, 4.69) is 43.3 Å². The Balaban J connectivity index is 1.32. The number of nitrogens with two attached hydrogens (primary N) is 1. The van der Waals surface area contributed by atoms with E-state index in [4.69, 9.17) is 33.7 Å². The van der Waals surface area contributed by atoms with Crippen LogP contribution in [0.3, 0.4) is 0 Å². The van der Waals surface area contributed by atoms with E-state index < -0.39 is 5.92 Å². The van der Waals surface area contributed by atoms with Crippen LogP contribution in [0.1, 0.15) is 22.6 Å². The molecule has 1 aliphatic heterocycles. The molecule has 5 rings (SSSR count). The van der Waals surface area contributed by atoms with Gasteiger partial charge in [0.2, 0.25) is 0 Å². The average Bonchev–Trinajstić information content (AvgIpc) is 2.98. The zero-order valence-electron chi connectivity index (χ0n) is 22.2. The smallest absolute Gasteiger partial charge is 0.159 e. The number of aryl methyl sites for hydroxylation is 1. The predicted molar refractivity (Wildman–Crippen MR) is 162 cm³/mol. The molecule has 1 unspecified atom stereocenters. The molecule has 10 heteroatoms. The number of nitrogen functional groups attached to an aromatic ring is 1. The molecule has 0 spiro atoms. The monoisotopic (exact) mass is 573 g/mol. The fourth-order valence-electron chi connectivity index (χ4n) is 4.87. The molecule has 2 heterocycles. The van der Waals surface area contributed by atoms with E-state index in [9.17, 15) is 5.26 Å². The quantitative estimate of drug-likeness (QED) is 0.261. The van der Waals surface area contributed by atoms with Crippen LogP contribution >= 0.6 is 23.2 Å². The van der Waals surface area contributed by atoms with Crippen molar-refractivity contribution in [2.75, 3.05) is 54.1 Å². The number of nitrogens with one attached hydrogen (secondary N) is 1. The minimum absolute atomic E-state index is 0.469. The summed E-state index contributed by atoms with van der Waals surface area (Å²) < 4.78 is 5.27. The van der Waals surface area contributed by atoms with Gasteiger partial charge in [0.15, 0.2) is 11.6 Å². The largest absolute Gasteiger partial charge is 0.497 e. The first-order valence-electron chi connectivity index (χ1n) is 12.8. The van der Waals surface area contributed by atoms with Gasteiger partial charge in [-0.3, -0.25) is 0 Å². The second kappa shape index (κ2) is 11.9. The van der Waals surface area contributed by atoms with Gasteiger partial charge in [-0.05, 0) is 66.1 Å². The first kappa shape index (κ1) is 27.4. The molecular weight excluding hydrogens is 545 g/mol. The number of ether oxygens (including phenoxy) is 1. The number of nitriles is 1. The van der Waals surface area contributed by atoms with E-state index in [1.165, 1.54) is 6.33 Å². The van der Waals surface area contributed by atoms with Gasteiger partial charge in [-0.2, -0.15) is 5.26 Å². The minimum atomic E-state index is -0.523. The van der Waals surface area contributed by atoms with Crippen LogP contribution in [-0.4, -0.2) is 43.3 Å². The van der Waals surface area contributed by atoms with Crippen LogP contribution in [-0.2, 0) is 0 Å². The molecule has 0 bridgehead atoms. The van der Waals surface area contributed by atoms with E-state index in [0.29, 0.717) is 27.4 Å². The van der Waals surface area contributed by atoms with Gasteiger partial charge in [0, 0.05) is 47.6 Å². The van der Waals surface area contributed by atoms with Gasteiger partial charge in [0.25, 0.3) is 0 Å². The predicted octanol–water partition coefficient (Wildman–Crippen LogP) is 6.41. The molecule has 40 heavy (non-hydrogen) atoms. The Labute approximate surface area is 243 Å². The van der Waals surface area contributed by atoms with Crippen molar-refractivity contribution in [1.29, 1.82) is 5.26 Å². The van der Waals surface area contributed by atoms with Gasteiger partial charge >= 0.3 is 0 Å². The summed E-state index contributed by atoms with van der Waals surface area (Å²) in [5.74, 6) is 1.52. The Morgan fingerprint density at radius 1 is 0.975 bits per heavy atom. The highest BCUT2D eigenvalue weighted by Crippen LogP contribution is 2.37. The molecule has 3 aromatic carbocycles. The SMILES string of the molecule is COc1ccc(N2CCN(c3ncnc(Nc4cc(Cl)c(C(C#N)c5ccc(Cl)cc5)cc4C)c3N)CC2)cc1. The summed E-state index contributed by atoms with van der Waals surface area (Å²) in [5.41, 5.74) is 11.4. The van der Waals surface area contributed by atoms with Crippen molar-refractivity contribution < 1.29 is 4.74 Å². The zero-order valence-corrected chi connectivity index (χ0v) is 23.7. The number of piperazine rings is 1. The second-order valence-corrected chi connectivity index (χ2v) is 10.4. The normalized spacial score (nSPS) is 14.0. The highest BCUT2D eigenvalue weighted by Gasteiger charge is 2.23. The van der Waals surface area contributed by atoms with Crippen LogP contribution < -0.4 is 25.6 Å². The maximum Gasteiger partial charge on any atom is 0.159 e. The van der Waals surface area contributed by atoms with E-state index in [1.54, 1.807) is 25.3 Å². The first-order valence-corrected chi connectivity index (χ1v) is 13.6. The minimum Gasteiger partial charge on any atom is -0.497 e. The van der Waals surface area contributed by atoms with Crippen molar-refractivity contribution in [3.63, 3.8) is 0 Å². The molecule has 0 amide bonds. The summed E-state index contributed by atoms with van der Waals surface area (Å²) in [4.78, 5) is 13.4. The summed E-state index contributed by atoms with van der Waals surface area (Å²) >= 11 is 12.7. The van der Waals surface area contributed by atoms with Crippen molar-refractivity contribution >= 4 is 51.9 Å². The lowest BCUT2D eigenvalue weighted by molar-refractivity contribution is 0.415. The van der Waals surface area contributed by atoms with Gasteiger partial charge in [0.05, 0.1) is 19.1 Å². The Morgan fingerprint density at radius 2 is 1.65 bits per heavy atom. The number of aromatic nitrogens is 2. The number of benzene rings is 3. The molecule has 1 aromatic heterocycles. The maximum atomic E-state index is 9.91. The van der Waals surface area contributed by atoms with Crippen molar-refractivity contribution in [2.45, 2.75) is 12.8 Å². The van der Waals surface area contributed by atoms with Crippen LogP contribution in [0.15, 0.2) is 67.0 Å². The van der Waals surface area contributed by atoms with Gasteiger partial charge in [0.1, 0.15) is 17.8 Å². The van der Waals surface area contributed by atoms with E-state index in [-0.39, 0.29) is 0 Å². The van der Waals surface area contributed by atoms with Gasteiger partial charge in [-0.25, -0.2) is 9.97 Å². The van der Waals surface area contributed by atoms with Gasteiger partial charge < -0.3 is 25.6 Å². The number of hydrogen-bond donors (Lipinski definition) is 2. The molecule has 1 saturated heterocycles. The van der Waals surface area contributed by atoms with E-state index >= 15 is 0 Å². The number of nitrogens with zero attached hydrogens (tertiary/aromatic N) is 5. The summed E-state index contributed by atoms with van der Waals surface area (Å²) in [5, 5.41) is 14.3. The van der Waals surface area contributed by atoms with Crippen LogP contribution in [0.25, 0.3) is 0 Å². The number of methoxy groups -OCH3 is 1. The molecule has 4 aromatic rings. The van der Waals surface area contributed by atoms with Gasteiger partial charge in [-0.15, -0.1) is 0 Å². The number of hydrogen-bond acceptors (Lipinski definition) is 8. The lowest BCUT2D eigenvalue weighted by Crippen LogP contribution is -2.47. The number of halogens is 2. The van der Waals surface area contributed by atoms with E-state index in [1.807, 2.05) is 37.3 Å². The Kier molecular flexibility index (Phi) is 8.15. The first-order chi connectivity index (χ1) is 19.4. The molecule has 1 atom stereocenters. The molecule has 8 nitrogen and oxygen atoms in total. The van der Waals surface area contributed by atoms with E-state index in [0.717, 1.165) is 60.0 Å². The standard InChI is InChI=1S/C30H29Cl2N7O/c1-19-15-24(25(17-33)20-3-5-21(31)6-4-20)26(32)16-27(19)37-29-28(34)30(36-18-35-29)39-13-11-38(12-14-39)22-7-9-23(40-2)10-8-22/h3-10,15-16,18,25H,11-14,34H2,1-2H3,(H,35,36,37). The third-order valence-corrected chi connectivity index (χ3v) is 7.70. The fourth-order valence-corrected chi connectivity index (χ4v) is 5.27. The Bertz CT molecular complexity index is 1530. The molecular formula is C30H29Cl2N7O. The molecule has 1 fully saturated rings. The second-order valence-electron chi connectivity index (χ2n) is 9.56. The third-order valence-electron chi connectivity index (χ3n) is 7.12. The highest BCUT2D eigenvalue weighted by molar-refractivity contribution is 6.32. The lowest BCUT2D eigenvalue weighted by Gasteiger charge is -2.37. The van der Waals surface area contributed by atoms with Crippen LogP contribution in [0, 0.1) is 18.3 Å². The van der Waals surface area contributed by atoms with Crippen molar-refractivity contribution in [3.8, 4) is 11.8 Å². The third kappa shape index (κ3) is 5.71. The molecule has 0 radical (unpaired) electrons. The summed E-state index contributed by atoms with van der Waals surface area (Å²) in [6.45, 7) is 5.17. The Morgan fingerprint density at radius 3 is 2.30 bits per heavy atom. The summed E-state index contributed by atoms with van der Waals surface area (Å²) in [6, 6.07) is 21.4. The van der Waals surface area contributed by atoms with Crippen LogP contribution in [0.4, 0.5) is 28.7 Å². The van der Waals surface area contributed by atoms with Crippen LogP contribution in [0.2, 0.25) is 10.0 Å². The average molecular weight is 575 g/mol. The van der Waals surface area contributed by atoms with Crippen molar-refractivity contribution in [1.82, 2.24) is 9.97 Å². The lowest BCUT2D eigenvalue weighted by atomic mass is 9.91. The maximum absolute atomic E-state index is 9.91. The summed E-state index contributed by atoms with van der Waals surface area (Å²) in [7, 11) is 1.67. The molecule has 0 saturated carbocycles. The fraction of sp³-hybridized carbons (Fsp3) is 0.233. The molecule has 1 aliphatic rings. The molecule has 0 aliphatic carbocycles. The van der Waals surface area contributed by atoms with Crippen LogP contribution in [0.5, 0.6) is 5.75 Å².